The lowest BCUT2D eigenvalue weighted by Crippen LogP contribution is -2.59. The Hall–Kier alpha value is -0.750. The number of fused-ring (bicyclic) bond motifs is 1. The van der Waals surface area contributed by atoms with Crippen molar-refractivity contribution in [3.63, 3.8) is 0 Å². The average molecular weight is 390 g/mol. The van der Waals surface area contributed by atoms with Crippen LogP contribution in [-0.2, 0) is 10.6 Å². The van der Waals surface area contributed by atoms with Crippen molar-refractivity contribution in [2.45, 2.75) is 67.9 Å². The van der Waals surface area contributed by atoms with Gasteiger partial charge in [-0.15, -0.1) is 0 Å². The number of aryl methyl sites for hydroxylation is 1. The largest absolute Gasteiger partial charge is 0.492 e. The third kappa shape index (κ3) is 3.89. The number of benzene rings is 1. The summed E-state index contributed by atoms with van der Waals surface area (Å²) in [6.45, 7) is 1.76. The Bertz CT molecular complexity index is 644. The predicted molar refractivity (Wildman–Crippen MR) is 107 cm³/mol. The molecule has 0 spiro atoms. The predicted octanol–water partition coefficient (Wildman–Crippen LogP) is 3.95. The van der Waals surface area contributed by atoms with Gasteiger partial charge >= 0.3 is 0 Å². The lowest BCUT2D eigenvalue weighted by molar-refractivity contribution is -0.0263. The number of nitrogens with one attached hydrogen (secondary N) is 1. The first-order chi connectivity index (χ1) is 13.2. The third-order valence-electron chi connectivity index (χ3n) is 7.06. The van der Waals surface area contributed by atoms with Gasteiger partial charge < -0.3 is 19.3 Å². The zero-order valence-corrected chi connectivity index (χ0v) is 16.8. The molecule has 0 aromatic heterocycles. The zero-order valence-electron chi connectivity index (χ0n) is 16.0. The molecule has 5 heteroatoms. The van der Waals surface area contributed by atoms with E-state index in [0.717, 1.165) is 47.8 Å². The van der Waals surface area contributed by atoms with Crippen molar-refractivity contribution in [2.24, 2.45) is 17.8 Å². The van der Waals surface area contributed by atoms with Crippen LogP contribution in [0.2, 0.25) is 0 Å². The molecule has 2 N–H and O–H groups in total. The number of aliphatic hydroxyl groups excluding tert-OH is 1. The Morgan fingerprint density at radius 2 is 1.93 bits per heavy atom. The summed E-state index contributed by atoms with van der Waals surface area (Å²) in [5.41, 5.74) is 1.56. The summed E-state index contributed by atoms with van der Waals surface area (Å²) in [6.07, 6.45) is 9.98. The van der Waals surface area contributed by atoms with Crippen LogP contribution in [0.3, 0.4) is 0 Å². The fourth-order valence-electron chi connectivity index (χ4n) is 6.32. The minimum absolute atomic E-state index is 0.301. The first-order valence-corrected chi connectivity index (χ1v) is 11.4. The minimum atomic E-state index is -0.467. The van der Waals surface area contributed by atoms with Gasteiger partial charge in [-0.25, -0.2) is 0 Å². The van der Waals surface area contributed by atoms with Crippen LogP contribution in [0.25, 0.3) is 0 Å². The number of hydrogen-bond acceptors (Lipinski definition) is 5. The quantitative estimate of drug-likeness (QED) is 0.692. The van der Waals surface area contributed by atoms with Crippen LogP contribution in [0.5, 0.6) is 5.75 Å². The summed E-state index contributed by atoms with van der Waals surface area (Å²) in [5.74, 6) is 3.75. The van der Waals surface area contributed by atoms with Gasteiger partial charge in [0.15, 0.2) is 0 Å². The van der Waals surface area contributed by atoms with E-state index in [1.165, 1.54) is 56.1 Å². The van der Waals surface area contributed by atoms with Gasteiger partial charge in [0.25, 0.3) is 0 Å². The molecule has 0 saturated heterocycles. The number of β-amino-alcohol motifs (C(OH)–C–C–N with tert-alkyl or cyclic N) is 1. The number of hydrogen-bond donors (Lipinski definition) is 2. The SMILES string of the molecule is OC(CNC12CC3CC(CC(C3)C1)C2)COSc1cccc2c1OCCC2. The fraction of sp³-hybridized carbons (Fsp3) is 0.727. The highest BCUT2D eigenvalue weighted by Crippen LogP contribution is 2.55. The van der Waals surface area contributed by atoms with Crippen LogP contribution in [-0.4, -0.2) is 36.5 Å². The van der Waals surface area contributed by atoms with Gasteiger partial charge in [0.1, 0.15) is 5.75 Å². The molecule has 1 aromatic carbocycles. The van der Waals surface area contributed by atoms with Gasteiger partial charge in [-0.05, 0) is 80.8 Å². The van der Waals surface area contributed by atoms with E-state index in [1.807, 2.05) is 6.07 Å². The lowest BCUT2D eigenvalue weighted by Gasteiger charge is -2.57. The molecule has 148 valence electrons. The minimum Gasteiger partial charge on any atom is -0.492 e. The summed E-state index contributed by atoms with van der Waals surface area (Å²) < 4.78 is 11.6. The monoisotopic (exact) mass is 389 g/mol. The van der Waals surface area contributed by atoms with Crippen molar-refractivity contribution < 1.29 is 14.0 Å². The molecule has 0 amide bonds. The fourth-order valence-corrected chi connectivity index (χ4v) is 7.07. The maximum atomic E-state index is 10.4. The van der Waals surface area contributed by atoms with Gasteiger partial charge in [0, 0.05) is 24.1 Å². The molecule has 4 fully saturated rings. The van der Waals surface area contributed by atoms with Crippen LogP contribution < -0.4 is 10.1 Å². The second-order valence-electron chi connectivity index (χ2n) is 9.30. The first kappa shape index (κ1) is 18.3. The summed E-state index contributed by atoms with van der Waals surface area (Å²) in [5, 5.41) is 14.2. The smallest absolute Gasteiger partial charge is 0.138 e. The highest BCUT2D eigenvalue weighted by molar-refractivity contribution is 7.94. The first-order valence-electron chi connectivity index (χ1n) is 10.7. The molecule has 1 heterocycles. The van der Waals surface area contributed by atoms with E-state index in [-0.39, 0.29) is 0 Å². The second kappa shape index (κ2) is 7.58. The summed E-state index contributed by atoms with van der Waals surface area (Å²) in [6, 6.07) is 6.22. The molecule has 1 aliphatic heterocycles. The lowest BCUT2D eigenvalue weighted by atomic mass is 9.53. The van der Waals surface area contributed by atoms with E-state index >= 15 is 0 Å². The summed E-state index contributed by atoms with van der Waals surface area (Å²) in [4.78, 5) is 1.02. The average Bonchev–Trinajstić information content (AvgIpc) is 2.66. The standard InChI is InChI=1S/C22H31NO3S/c24-19(13-23-22-10-15-7-16(11-22)9-17(8-15)12-22)14-26-27-20-5-1-3-18-4-2-6-25-21(18)20/h1,3,5,15-17,19,23-24H,2,4,6-14H2. The molecule has 4 nitrogen and oxygen atoms in total. The second-order valence-corrected chi connectivity index (χ2v) is 10.1. The van der Waals surface area contributed by atoms with E-state index in [1.54, 1.807) is 0 Å². The van der Waals surface area contributed by atoms with E-state index in [9.17, 15) is 5.11 Å². The Morgan fingerprint density at radius 3 is 2.67 bits per heavy atom. The van der Waals surface area contributed by atoms with Gasteiger partial charge in [-0.2, -0.15) is 0 Å². The maximum Gasteiger partial charge on any atom is 0.138 e. The summed E-state index contributed by atoms with van der Waals surface area (Å²) >= 11 is 1.34. The molecule has 27 heavy (non-hydrogen) atoms. The molecule has 1 unspecified atom stereocenters. The molecule has 4 bridgehead atoms. The van der Waals surface area contributed by atoms with Gasteiger partial charge in [0.2, 0.25) is 0 Å². The Labute approximate surface area is 166 Å². The number of ether oxygens (including phenoxy) is 1. The zero-order chi connectivity index (χ0) is 18.3. The normalized spacial score (nSPS) is 34.9. The molecule has 5 aliphatic rings. The van der Waals surface area contributed by atoms with E-state index < -0.39 is 6.10 Å². The molecule has 4 aliphatic carbocycles. The van der Waals surface area contributed by atoms with Crippen LogP contribution in [0.4, 0.5) is 0 Å². The van der Waals surface area contributed by atoms with Crippen molar-refractivity contribution in [2.75, 3.05) is 19.8 Å². The highest BCUT2D eigenvalue weighted by Gasteiger charge is 2.50. The topological polar surface area (TPSA) is 50.7 Å². The van der Waals surface area contributed by atoms with Crippen LogP contribution in [0, 0.1) is 17.8 Å². The van der Waals surface area contributed by atoms with E-state index in [0.29, 0.717) is 18.7 Å². The van der Waals surface area contributed by atoms with Crippen molar-refractivity contribution in [3.05, 3.63) is 23.8 Å². The molecule has 0 radical (unpaired) electrons. The highest BCUT2D eigenvalue weighted by atomic mass is 32.2. The van der Waals surface area contributed by atoms with Crippen molar-refractivity contribution in [1.82, 2.24) is 5.32 Å². The van der Waals surface area contributed by atoms with E-state index in [4.69, 9.17) is 8.92 Å². The number of rotatable bonds is 7. The van der Waals surface area contributed by atoms with Gasteiger partial charge in [0.05, 0.1) is 24.2 Å². The van der Waals surface area contributed by atoms with Crippen molar-refractivity contribution in [3.8, 4) is 5.75 Å². The molecule has 1 aromatic rings. The Kier molecular flexibility index (Phi) is 5.14. The Balaban J connectivity index is 1.10. The maximum absolute atomic E-state index is 10.4. The molecule has 6 rings (SSSR count). The van der Waals surface area contributed by atoms with Crippen molar-refractivity contribution in [1.29, 1.82) is 0 Å². The molecular weight excluding hydrogens is 358 g/mol. The number of aliphatic hydroxyl groups is 1. The van der Waals surface area contributed by atoms with Crippen LogP contribution in [0.15, 0.2) is 23.1 Å². The Morgan fingerprint density at radius 1 is 1.19 bits per heavy atom. The van der Waals surface area contributed by atoms with Crippen LogP contribution in [0.1, 0.15) is 50.5 Å². The van der Waals surface area contributed by atoms with Gasteiger partial charge in [-0.1, -0.05) is 12.1 Å². The molecular formula is C22H31NO3S. The van der Waals surface area contributed by atoms with Crippen LogP contribution >= 0.6 is 12.0 Å². The van der Waals surface area contributed by atoms with Crippen molar-refractivity contribution >= 4 is 12.0 Å². The van der Waals surface area contributed by atoms with Gasteiger partial charge in [-0.3, -0.25) is 0 Å². The molecule has 1 atom stereocenters. The number of para-hydroxylation sites is 1. The van der Waals surface area contributed by atoms with E-state index in [2.05, 4.69) is 17.4 Å². The summed E-state index contributed by atoms with van der Waals surface area (Å²) in [7, 11) is 0. The molecule has 4 saturated carbocycles. The third-order valence-corrected chi connectivity index (χ3v) is 7.81.